The monoisotopic (exact) mass is 464 g/mol. The number of benzene rings is 2. The van der Waals surface area contributed by atoms with Gasteiger partial charge in [-0.1, -0.05) is 29.8 Å². The third-order valence-electron chi connectivity index (χ3n) is 6.35. The SMILES string of the molecule is OC[C@H]1O[C@@](O)(c2ccc(Cl)c(Cc3ccc(OC4CCCC4)cc3)c2)[C@H](O)[C@@H](O)[C@@H]1O. The van der Waals surface area contributed by atoms with Gasteiger partial charge in [0.05, 0.1) is 12.7 Å². The highest BCUT2D eigenvalue weighted by Gasteiger charge is 2.53. The Labute approximate surface area is 191 Å². The Morgan fingerprint density at radius 3 is 2.34 bits per heavy atom. The van der Waals surface area contributed by atoms with E-state index in [0.717, 1.165) is 24.2 Å². The molecule has 2 fully saturated rings. The van der Waals surface area contributed by atoms with E-state index in [2.05, 4.69) is 0 Å². The molecule has 1 saturated carbocycles. The van der Waals surface area contributed by atoms with Gasteiger partial charge in [0.1, 0.15) is 30.2 Å². The molecule has 0 spiro atoms. The lowest BCUT2D eigenvalue weighted by Crippen LogP contribution is -2.63. The molecule has 4 rings (SSSR count). The Hall–Kier alpha value is -1.71. The van der Waals surface area contributed by atoms with E-state index in [1.807, 2.05) is 24.3 Å². The van der Waals surface area contributed by atoms with E-state index in [1.54, 1.807) is 12.1 Å². The smallest absolute Gasteiger partial charge is 0.222 e. The van der Waals surface area contributed by atoms with E-state index < -0.39 is 36.8 Å². The van der Waals surface area contributed by atoms with Gasteiger partial charge in [-0.25, -0.2) is 0 Å². The van der Waals surface area contributed by atoms with Crippen LogP contribution in [-0.2, 0) is 16.9 Å². The highest BCUT2D eigenvalue weighted by Crippen LogP contribution is 2.38. The third-order valence-corrected chi connectivity index (χ3v) is 6.72. The Kier molecular flexibility index (Phi) is 7.07. The topological polar surface area (TPSA) is 120 Å². The van der Waals surface area contributed by atoms with Crippen LogP contribution in [0.3, 0.4) is 0 Å². The quantitative estimate of drug-likeness (QED) is 0.442. The van der Waals surface area contributed by atoms with E-state index in [4.69, 9.17) is 21.1 Å². The minimum Gasteiger partial charge on any atom is -0.490 e. The molecule has 0 radical (unpaired) electrons. The van der Waals surface area contributed by atoms with Crippen LogP contribution in [0.25, 0.3) is 0 Å². The molecule has 2 aromatic rings. The van der Waals surface area contributed by atoms with Crippen molar-refractivity contribution in [2.75, 3.05) is 6.61 Å². The summed E-state index contributed by atoms with van der Waals surface area (Å²) >= 11 is 6.38. The van der Waals surface area contributed by atoms with E-state index in [1.165, 1.54) is 18.9 Å². The first-order valence-corrected chi connectivity index (χ1v) is 11.3. The van der Waals surface area contributed by atoms with Crippen molar-refractivity contribution in [3.8, 4) is 5.75 Å². The van der Waals surface area contributed by atoms with Gasteiger partial charge in [-0.15, -0.1) is 0 Å². The lowest BCUT2D eigenvalue weighted by Gasteiger charge is -2.45. The van der Waals surface area contributed by atoms with Gasteiger partial charge in [0.15, 0.2) is 0 Å². The molecule has 0 unspecified atom stereocenters. The summed E-state index contributed by atoms with van der Waals surface area (Å²) in [5, 5.41) is 51.5. The van der Waals surface area contributed by atoms with Crippen molar-refractivity contribution in [2.24, 2.45) is 0 Å². The zero-order valence-corrected chi connectivity index (χ0v) is 18.4. The summed E-state index contributed by atoms with van der Waals surface area (Å²) in [4.78, 5) is 0. The molecule has 1 heterocycles. The fourth-order valence-electron chi connectivity index (χ4n) is 4.43. The number of halogens is 1. The van der Waals surface area contributed by atoms with Crippen molar-refractivity contribution in [1.29, 1.82) is 0 Å². The predicted octanol–water partition coefficient (Wildman–Crippen LogP) is 1.87. The van der Waals surface area contributed by atoms with Gasteiger partial charge in [0.2, 0.25) is 5.79 Å². The van der Waals surface area contributed by atoms with Crippen LogP contribution < -0.4 is 4.74 Å². The lowest BCUT2D eigenvalue weighted by atomic mass is 9.87. The van der Waals surface area contributed by atoms with Gasteiger partial charge >= 0.3 is 0 Å². The maximum absolute atomic E-state index is 11.0. The maximum atomic E-state index is 11.0. The van der Waals surface area contributed by atoms with Crippen LogP contribution in [0.1, 0.15) is 42.4 Å². The van der Waals surface area contributed by atoms with Gasteiger partial charge in [0, 0.05) is 10.6 Å². The molecule has 5 atom stereocenters. The van der Waals surface area contributed by atoms with Crippen molar-refractivity contribution < 1.29 is 35.0 Å². The molecule has 7 nitrogen and oxygen atoms in total. The highest BCUT2D eigenvalue weighted by molar-refractivity contribution is 6.31. The normalized spacial score (nSPS) is 31.1. The number of hydrogen-bond acceptors (Lipinski definition) is 7. The van der Waals surface area contributed by atoms with Crippen LogP contribution in [0.5, 0.6) is 5.75 Å². The largest absolute Gasteiger partial charge is 0.490 e. The molecule has 5 N–H and O–H groups in total. The van der Waals surface area contributed by atoms with Gasteiger partial charge in [-0.3, -0.25) is 0 Å². The van der Waals surface area contributed by atoms with E-state index in [0.29, 0.717) is 17.0 Å². The van der Waals surface area contributed by atoms with Crippen molar-refractivity contribution in [1.82, 2.24) is 0 Å². The number of rotatable bonds is 6. The van der Waals surface area contributed by atoms with E-state index in [9.17, 15) is 25.5 Å². The standard InChI is InChI=1S/C24H29ClO7/c25-19-10-7-16(24(30)23(29)22(28)21(27)20(13-26)32-24)12-15(19)11-14-5-8-18(9-6-14)31-17-3-1-2-4-17/h5-10,12,17,20-23,26-30H,1-4,11,13H2/t20-,21-,22+,23-,24+/m1/s1. The van der Waals surface area contributed by atoms with Gasteiger partial charge in [-0.05, 0) is 67.5 Å². The van der Waals surface area contributed by atoms with Crippen molar-refractivity contribution in [3.05, 3.63) is 64.2 Å². The average molecular weight is 465 g/mol. The van der Waals surface area contributed by atoms with Crippen LogP contribution in [0.2, 0.25) is 5.02 Å². The lowest BCUT2D eigenvalue weighted by molar-refractivity contribution is -0.357. The molecule has 1 aliphatic carbocycles. The Morgan fingerprint density at radius 1 is 1.00 bits per heavy atom. The molecule has 2 aromatic carbocycles. The summed E-state index contributed by atoms with van der Waals surface area (Å²) in [7, 11) is 0. The Morgan fingerprint density at radius 2 is 1.69 bits per heavy atom. The molecule has 0 aromatic heterocycles. The fourth-order valence-corrected chi connectivity index (χ4v) is 4.61. The van der Waals surface area contributed by atoms with Crippen LogP contribution in [0, 0.1) is 0 Å². The predicted molar refractivity (Wildman–Crippen MR) is 117 cm³/mol. The maximum Gasteiger partial charge on any atom is 0.222 e. The summed E-state index contributed by atoms with van der Waals surface area (Å²) in [5.74, 6) is -1.49. The van der Waals surface area contributed by atoms with Crippen LogP contribution in [0.4, 0.5) is 0 Å². The van der Waals surface area contributed by atoms with Crippen molar-refractivity contribution in [3.63, 3.8) is 0 Å². The van der Waals surface area contributed by atoms with Crippen LogP contribution >= 0.6 is 11.6 Å². The molecule has 0 amide bonds. The second kappa shape index (κ2) is 9.65. The first kappa shape index (κ1) is 23.4. The zero-order valence-electron chi connectivity index (χ0n) is 17.6. The number of ether oxygens (including phenoxy) is 2. The van der Waals surface area contributed by atoms with Crippen LogP contribution in [0.15, 0.2) is 42.5 Å². The summed E-state index contributed by atoms with van der Waals surface area (Å²) in [6, 6.07) is 12.4. The van der Waals surface area contributed by atoms with Crippen molar-refractivity contribution >= 4 is 11.6 Å². The summed E-state index contributed by atoms with van der Waals surface area (Å²) in [6.45, 7) is -0.636. The third kappa shape index (κ3) is 4.65. The first-order chi connectivity index (χ1) is 15.3. The average Bonchev–Trinajstić information content (AvgIpc) is 3.30. The molecule has 1 aliphatic heterocycles. The highest BCUT2D eigenvalue weighted by atomic mass is 35.5. The molecule has 1 saturated heterocycles. The van der Waals surface area contributed by atoms with E-state index in [-0.39, 0.29) is 11.7 Å². The fraction of sp³-hybridized carbons (Fsp3) is 0.500. The molecule has 174 valence electrons. The number of aliphatic hydroxyl groups is 5. The molecule has 0 bridgehead atoms. The molecule has 32 heavy (non-hydrogen) atoms. The number of hydrogen-bond donors (Lipinski definition) is 5. The minimum absolute atomic E-state index is 0.162. The second-order valence-electron chi connectivity index (χ2n) is 8.61. The molecular weight excluding hydrogens is 436 g/mol. The van der Waals surface area contributed by atoms with E-state index >= 15 is 0 Å². The van der Waals surface area contributed by atoms with Gasteiger partial charge in [0.25, 0.3) is 0 Å². The zero-order chi connectivity index (χ0) is 22.9. The van der Waals surface area contributed by atoms with Gasteiger partial charge in [-0.2, -0.15) is 0 Å². The molecular formula is C24H29ClO7. The molecule has 2 aliphatic rings. The summed E-state index contributed by atoms with van der Waals surface area (Å²) < 4.78 is 11.4. The van der Waals surface area contributed by atoms with Gasteiger partial charge < -0.3 is 35.0 Å². The van der Waals surface area contributed by atoms with Crippen LogP contribution in [-0.4, -0.2) is 62.7 Å². The Balaban J connectivity index is 1.53. The summed E-state index contributed by atoms with van der Waals surface area (Å²) in [5.41, 5.74) is 1.82. The number of aliphatic hydroxyl groups excluding tert-OH is 4. The minimum atomic E-state index is -2.32. The summed E-state index contributed by atoms with van der Waals surface area (Å²) in [6.07, 6.45) is -0.985. The Bertz CT molecular complexity index is 913. The second-order valence-corrected chi connectivity index (χ2v) is 9.02. The van der Waals surface area contributed by atoms with Crippen molar-refractivity contribution in [2.45, 2.75) is 68.4 Å². The molecule has 8 heteroatoms. The first-order valence-electron chi connectivity index (χ1n) is 10.9.